The summed E-state index contributed by atoms with van der Waals surface area (Å²) in [5, 5.41) is 3.21. The number of ether oxygens (including phenoxy) is 1. The Morgan fingerprint density at radius 3 is 2.32 bits per heavy atom. The topological polar surface area (TPSA) is 71.0 Å². The molecule has 0 spiro atoms. The number of aliphatic imine (C=N–C) groups is 1. The van der Waals surface area contributed by atoms with Gasteiger partial charge in [-0.25, -0.2) is 8.42 Å². The number of hydrogen-bond donors (Lipinski definition) is 1. The quantitative estimate of drug-likeness (QED) is 0.252. The first-order valence-corrected chi connectivity index (χ1v) is 10.2. The Kier molecular flexibility index (Phi) is 12.0. The highest BCUT2D eigenvalue weighted by molar-refractivity contribution is 14.0. The summed E-state index contributed by atoms with van der Waals surface area (Å²) < 4.78 is 27.3. The Morgan fingerprint density at radius 1 is 1.20 bits per heavy atom. The van der Waals surface area contributed by atoms with E-state index in [1.807, 2.05) is 11.9 Å². The van der Waals surface area contributed by atoms with Crippen molar-refractivity contribution in [1.29, 1.82) is 0 Å². The molecule has 0 aliphatic carbocycles. The van der Waals surface area contributed by atoms with E-state index in [9.17, 15) is 8.42 Å². The Hall–Kier alpha value is -0.870. The van der Waals surface area contributed by atoms with E-state index >= 15 is 0 Å². The molecule has 1 aromatic rings. The fourth-order valence-corrected chi connectivity index (χ4v) is 2.58. The molecule has 1 rings (SSSR count). The van der Waals surface area contributed by atoms with Gasteiger partial charge in [-0.2, -0.15) is 0 Å². The second-order valence-electron chi connectivity index (χ2n) is 5.74. The predicted molar refractivity (Wildman–Crippen MR) is 115 cm³/mol. The first kappa shape index (κ1) is 24.1. The van der Waals surface area contributed by atoms with Gasteiger partial charge >= 0.3 is 0 Å². The van der Waals surface area contributed by atoms with Crippen LogP contribution >= 0.6 is 24.0 Å². The van der Waals surface area contributed by atoms with Crippen LogP contribution in [0.2, 0.25) is 0 Å². The maximum Gasteiger partial charge on any atom is 0.193 e. The number of halogens is 1. The smallest absolute Gasteiger partial charge is 0.193 e. The highest BCUT2D eigenvalue weighted by atomic mass is 127. The number of rotatable bonds is 9. The standard InChI is InChI=1S/C17H29N3O3S.HI/c1-5-15-6-8-16(9-7-15)14-20(3)17(18-2)19-10-11-23-12-13-24(4,21)22;/h6-9H,5,10-14H2,1-4H3,(H,18,19);1H. The molecule has 144 valence electrons. The highest BCUT2D eigenvalue weighted by Crippen LogP contribution is 2.07. The van der Waals surface area contributed by atoms with Crippen molar-refractivity contribution in [2.75, 3.05) is 45.9 Å². The Balaban J connectivity index is 0.00000576. The predicted octanol–water partition coefficient (Wildman–Crippen LogP) is 1.94. The van der Waals surface area contributed by atoms with E-state index in [1.54, 1.807) is 7.05 Å². The second kappa shape index (κ2) is 12.5. The van der Waals surface area contributed by atoms with Crippen molar-refractivity contribution >= 4 is 39.8 Å². The number of hydrogen-bond acceptors (Lipinski definition) is 4. The lowest BCUT2D eigenvalue weighted by molar-refractivity contribution is 0.153. The van der Waals surface area contributed by atoms with Crippen LogP contribution in [0.25, 0.3) is 0 Å². The number of aryl methyl sites for hydroxylation is 1. The molecule has 25 heavy (non-hydrogen) atoms. The van der Waals surface area contributed by atoms with E-state index in [2.05, 4.69) is 41.5 Å². The van der Waals surface area contributed by atoms with E-state index in [-0.39, 0.29) is 36.3 Å². The van der Waals surface area contributed by atoms with Crippen molar-refractivity contribution in [3.63, 3.8) is 0 Å². The highest BCUT2D eigenvalue weighted by Gasteiger charge is 2.06. The minimum atomic E-state index is -2.96. The van der Waals surface area contributed by atoms with Crippen LogP contribution in [0.3, 0.4) is 0 Å². The van der Waals surface area contributed by atoms with E-state index in [4.69, 9.17) is 4.74 Å². The molecule has 1 N–H and O–H groups in total. The lowest BCUT2D eigenvalue weighted by Gasteiger charge is -2.22. The Bertz CT molecular complexity index is 619. The summed E-state index contributed by atoms with van der Waals surface area (Å²) in [5.41, 5.74) is 2.55. The zero-order valence-corrected chi connectivity index (χ0v) is 18.6. The minimum Gasteiger partial charge on any atom is -0.379 e. The van der Waals surface area contributed by atoms with Gasteiger partial charge < -0.3 is 15.0 Å². The molecule has 0 saturated heterocycles. The van der Waals surface area contributed by atoms with Crippen molar-refractivity contribution in [2.24, 2.45) is 4.99 Å². The van der Waals surface area contributed by atoms with Crippen LogP contribution in [0.15, 0.2) is 29.3 Å². The average Bonchev–Trinajstić information content (AvgIpc) is 2.53. The van der Waals surface area contributed by atoms with E-state index in [1.165, 1.54) is 17.4 Å². The summed E-state index contributed by atoms with van der Waals surface area (Å²) in [7, 11) is 0.757. The van der Waals surface area contributed by atoms with Crippen LogP contribution in [0.4, 0.5) is 0 Å². The second-order valence-corrected chi connectivity index (χ2v) is 8.00. The van der Waals surface area contributed by atoms with Crippen molar-refractivity contribution in [3.05, 3.63) is 35.4 Å². The number of nitrogens with zero attached hydrogens (tertiary/aromatic N) is 2. The molecule has 0 unspecified atom stereocenters. The van der Waals surface area contributed by atoms with Gasteiger partial charge in [0, 0.05) is 33.4 Å². The molecule has 0 atom stereocenters. The number of benzene rings is 1. The van der Waals surface area contributed by atoms with Crippen LogP contribution in [-0.4, -0.2) is 65.1 Å². The third-order valence-corrected chi connectivity index (χ3v) is 4.46. The summed E-state index contributed by atoms with van der Waals surface area (Å²) in [6.07, 6.45) is 2.25. The lowest BCUT2D eigenvalue weighted by Crippen LogP contribution is -2.40. The zero-order chi connectivity index (χ0) is 18.0. The Labute approximate surface area is 169 Å². The fraction of sp³-hybridized carbons (Fsp3) is 0.588. The number of sulfone groups is 1. The molecule has 1 aromatic carbocycles. The molecule has 0 aliphatic heterocycles. The fourth-order valence-electron chi connectivity index (χ4n) is 2.16. The van der Waals surface area contributed by atoms with Gasteiger partial charge in [0.25, 0.3) is 0 Å². The van der Waals surface area contributed by atoms with Crippen LogP contribution in [0.5, 0.6) is 0 Å². The van der Waals surface area contributed by atoms with Crippen LogP contribution in [0, 0.1) is 0 Å². The van der Waals surface area contributed by atoms with Gasteiger partial charge in [0.1, 0.15) is 9.84 Å². The first-order chi connectivity index (χ1) is 11.4. The third kappa shape index (κ3) is 10.7. The number of guanidine groups is 1. The molecule has 0 radical (unpaired) electrons. The summed E-state index contributed by atoms with van der Waals surface area (Å²) in [5.74, 6) is 0.830. The average molecular weight is 483 g/mol. The monoisotopic (exact) mass is 483 g/mol. The van der Waals surface area contributed by atoms with Crippen molar-refractivity contribution < 1.29 is 13.2 Å². The van der Waals surface area contributed by atoms with Gasteiger partial charge in [0.05, 0.1) is 19.0 Å². The maximum atomic E-state index is 11.0. The van der Waals surface area contributed by atoms with Gasteiger partial charge in [0.15, 0.2) is 5.96 Å². The number of nitrogens with one attached hydrogen (secondary N) is 1. The summed E-state index contributed by atoms with van der Waals surface area (Å²) in [4.78, 5) is 6.29. The van der Waals surface area contributed by atoms with Crippen molar-refractivity contribution in [3.8, 4) is 0 Å². The summed E-state index contributed by atoms with van der Waals surface area (Å²) in [6, 6.07) is 8.57. The molecular weight excluding hydrogens is 453 g/mol. The van der Waals surface area contributed by atoms with Gasteiger partial charge in [-0.05, 0) is 17.5 Å². The van der Waals surface area contributed by atoms with Gasteiger partial charge in [0.2, 0.25) is 0 Å². The third-order valence-electron chi connectivity index (χ3n) is 3.55. The SMILES string of the molecule is CCc1ccc(CN(C)C(=NC)NCCOCCS(C)(=O)=O)cc1.I. The molecule has 6 nitrogen and oxygen atoms in total. The molecule has 0 aromatic heterocycles. The first-order valence-electron chi connectivity index (χ1n) is 8.10. The van der Waals surface area contributed by atoms with E-state index in [0.29, 0.717) is 13.2 Å². The van der Waals surface area contributed by atoms with Gasteiger partial charge in [-0.3, -0.25) is 4.99 Å². The molecule has 0 fully saturated rings. The minimum absolute atomic E-state index is 0. The molecule has 0 aliphatic rings. The maximum absolute atomic E-state index is 11.0. The van der Waals surface area contributed by atoms with Crippen molar-refractivity contribution in [2.45, 2.75) is 19.9 Å². The molecule has 8 heteroatoms. The van der Waals surface area contributed by atoms with Gasteiger partial charge in [-0.1, -0.05) is 31.2 Å². The molecular formula is C17H30IN3O3S. The van der Waals surface area contributed by atoms with Crippen LogP contribution in [-0.2, 0) is 27.5 Å². The normalized spacial score (nSPS) is 11.8. The molecule has 0 heterocycles. The Morgan fingerprint density at radius 2 is 1.80 bits per heavy atom. The molecule has 0 saturated carbocycles. The van der Waals surface area contributed by atoms with Crippen LogP contribution < -0.4 is 5.32 Å². The van der Waals surface area contributed by atoms with E-state index in [0.717, 1.165) is 18.9 Å². The summed E-state index contributed by atoms with van der Waals surface area (Å²) in [6.45, 7) is 4.14. The molecule has 0 bridgehead atoms. The van der Waals surface area contributed by atoms with Crippen molar-refractivity contribution in [1.82, 2.24) is 10.2 Å². The van der Waals surface area contributed by atoms with E-state index < -0.39 is 9.84 Å². The zero-order valence-electron chi connectivity index (χ0n) is 15.5. The van der Waals surface area contributed by atoms with Crippen LogP contribution in [0.1, 0.15) is 18.1 Å². The largest absolute Gasteiger partial charge is 0.379 e. The molecule has 0 amide bonds. The van der Waals surface area contributed by atoms with Gasteiger partial charge in [-0.15, -0.1) is 24.0 Å². The lowest BCUT2D eigenvalue weighted by atomic mass is 10.1. The summed E-state index contributed by atoms with van der Waals surface area (Å²) >= 11 is 0.